The second-order valence-electron chi connectivity index (χ2n) is 5.05. The number of rotatable bonds is 6. The number of piperidine rings is 1. The van der Waals surface area contributed by atoms with Crippen LogP contribution in [0.15, 0.2) is 0 Å². The fourth-order valence-electron chi connectivity index (χ4n) is 2.69. The third-order valence-electron chi connectivity index (χ3n) is 3.80. The van der Waals surface area contributed by atoms with Gasteiger partial charge in [-0.2, -0.15) is 0 Å². The van der Waals surface area contributed by atoms with Crippen LogP contribution >= 0.6 is 0 Å². The van der Waals surface area contributed by atoms with E-state index in [9.17, 15) is 0 Å². The van der Waals surface area contributed by atoms with Crippen LogP contribution < -0.4 is 5.73 Å². The molecule has 0 saturated carbocycles. The molecule has 0 aliphatic carbocycles. The number of hydrogen-bond acceptors (Lipinski definition) is 2. The van der Waals surface area contributed by atoms with E-state index in [-0.39, 0.29) is 0 Å². The standard InChI is InChI=1S/C13H28N2/c1-3-5-13-7-10-15(11-8-13)12(2)6-4-9-14/h12-13H,3-11,14H2,1-2H3. The molecule has 2 N–H and O–H groups in total. The van der Waals surface area contributed by atoms with Crippen LogP contribution in [0, 0.1) is 5.92 Å². The highest BCUT2D eigenvalue weighted by Gasteiger charge is 2.21. The zero-order valence-electron chi connectivity index (χ0n) is 10.5. The molecule has 2 nitrogen and oxygen atoms in total. The normalized spacial score (nSPS) is 21.8. The average molecular weight is 212 g/mol. The van der Waals surface area contributed by atoms with Crippen molar-refractivity contribution in [3.05, 3.63) is 0 Å². The molecule has 1 unspecified atom stereocenters. The largest absolute Gasteiger partial charge is 0.330 e. The Morgan fingerprint density at radius 1 is 1.33 bits per heavy atom. The van der Waals surface area contributed by atoms with Crippen LogP contribution in [0.4, 0.5) is 0 Å². The van der Waals surface area contributed by atoms with Crippen LogP contribution in [-0.2, 0) is 0 Å². The molecule has 1 heterocycles. The molecule has 15 heavy (non-hydrogen) atoms. The van der Waals surface area contributed by atoms with Crippen LogP contribution in [0.1, 0.15) is 52.4 Å². The summed E-state index contributed by atoms with van der Waals surface area (Å²) in [4.78, 5) is 2.65. The van der Waals surface area contributed by atoms with Gasteiger partial charge in [0.05, 0.1) is 0 Å². The van der Waals surface area contributed by atoms with Crippen molar-refractivity contribution in [2.45, 2.75) is 58.4 Å². The van der Waals surface area contributed by atoms with E-state index < -0.39 is 0 Å². The van der Waals surface area contributed by atoms with Crippen LogP contribution in [0.3, 0.4) is 0 Å². The number of likely N-dealkylation sites (tertiary alicyclic amines) is 1. The Labute approximate surface area is 95.2 Å². The summed E-state index contributed by atoms with van der Waals surface area (Å²) in [5, 5.41) is 0. The number of nitrogens with zero attached hydrogens (tertiary/aromatic N) is 1. The van der Waals surface area contributed by atoms with E-state index in [2.05, 4.69) is 18.7 Å². The van der Waals surface area contributed by atoms with Crippen molar-refractivity contribution < 1.29 is 0 Å². The molecule has 1 saturated heterocycles. The Hall–Kier alpha value is -0.0800. The monoisotopic (exact) mass is 212 g/mol. The van der Waals surface area contributed by atoms with E-state index in [0.29, 0.717) is 0 Å². The molecule has 0 bridgehead atoms. The molecule has 1 aliphatic heterocycles. The van der Waals surface area contributed by atoms with Crippen molar-refractivity contribution in [2.75, 3.05) is 19.6 Å². The predicted molar refractivity (Wildman–Crippen MR) is 67.0 cm³/mol. The van der Waals surface area contributed by atoms with Gasteiger partial charge in [0.15, 0.2) is 0 Å². The highest BCUT2D eigenvalue weighted by Crippen LogP contribution is 2.23. The summed E-state index contributed by atoms with van der Waals surface area (Å²) in [5.41, 5.74) is 5.55. The first-order valence-corrected chi connectivity index (χ1v) is 6.72. The Morgan fingerprint density at radius 3 is 2.53 bits per heavy atom. The summed E-state index contributed by atoms with van der Waals surface area (Å²) in [6.07, 6.45) is 8.07. The molecule has 0 aromatic rings. The predicted octanol–water partition coefficient (Wildman–Crippen LogP) is 2.63. The van der Waals surface area contributed by atoms with Crippen molar-refractivity contribution >= 4 is 0 Å². The van der Waals surface area contributed by atoms with E-state index in [4.69, 9.17) is 5.73 Å². The first-order chi connectivity index (χ1) is 7.27. The van der Waals surface area contributed by atoms with Crippen molar-refractivity contribution in [1.82, 2.24) is 4.90 Å². The molecule has 0 amide bonds. The lowest BCUT2D eigenvalue weighted by atomic mass is 9.91. The highest BCUT2D eigenvalue weighted by molar-refractivity contribution is 4.76. The lowest BCUT2D eigenvalue weighted by molar-refractivity contribution is 0.131. The van der Waals surface area contributed by atoms with Gasteiger partial charge in [-0.1, -0.05) is 19.8 Å². The fraction of sp³-hybridized carbons (Fsp3) is 1.00. The fourth-order valence-corrected chi connectivity index (χ4v) is 2.69. The van der Waals surface area contributed by atoms with Gasteiger partial charge in [-0.05, 0) is 58.2 Å². The maximum atomic E-state index is 5.55. The molecule has 0 aromatic carbocycles. The molecular weight excluding hydrogens is 184 g/mol. The van der Waals surface area contributed by atoms with Gasteiger partial charge in [-0.3, -0.25) is 0 Å². The Kier molecular flexibility index (Phi) is 6.26. The van der Waals surface area contributed by atoms with E-state index in [0.717, 1.165) is 18.5 Å². The SMILES string of the molecule is CCCC1CCN(C(C)CCCN)CC1. The molecule has 1 aliphatic rings. The van der Waals surface area contributed by atoms with Crippen LogP contribution in [0.2, 0.25) is 0 Å². The van der Waals surface area contributed by atoms with Crippen LogP contribution in [-0.4, -0.2) is 30.6 Å². The first-order valence-electron chi connectivity index (χ1n) is 6.72. The van der Waals surface area contributed by atoms with Crippen molar-refractivity contribution in [3.63, 3.8) is 0 Å². The summed E-state index contributed by atoms with van der Waals surface area (Å²) in [7, 11) is 0. The maximum absolute atomic E-state index is 5.55. The summed E-state index contributed by atoms with van der Waals surface area (Å²) in [6, 6.07) is 0.746. The van der Waals surface area contributed by atoms with Gasteiger partial charge in [0.2, 0.25) is 0 Å². The summed E-state index contributed by atoms with van der Waals surface area (Å²) in [6.45, 7) is 8.13. The number of hydrogen-bond donors (Lipinski definition) is 1. The third-order valence-corrected chi connectivity index (χ3v) is 3.80. The van der Waals surface area contributed by atoms with Gasteiger partial charge in [0.1, 0.15) is 0 Å². The van der Waals surface area contributed by atoms with Crippen molar-refractivity contribution in [1.29, 1.82) is 0 Å². The summed E-state index contributed by atoms with van der Waals surface area (Å²) >= 11 is 0. The van der Waals surface area contributed by atoms with Crippen LogP contribution in [0.5, 0.6) is 0 Å². The summed E-state index contributed by atoms with van der Waals surface area (Å²) < 4.78 is 0. The van der Waals surface area contributed by atoms with E-state index >= 15 is 0 Å². The molecule has 90 valence electrons. The van der Waals surface area contributed by atoms with E-state index in [1.54, 1.807) is 0 Å². The Bertz CT molecular complexity index is 151. The Morgan fingerprint density at radius 2 is 2.00 bits per heavy atom. The zero-order chi connectivity index (χ0) is 11.1. The minimum atomic E-state index is 0.746. The molecular formula is C13H28N2. The van der Waals surface area contributed by atoms with Gasteiger partial charge in [0, 0.05) is 6.04 Å². The van der Waals surface area contributed by atoms with Gasteiger partial charge < -0.3 is 10.6 Å². The van der Waals surface area contributed by atoms with Gasteiger partial charge in [-0.25, -0.2) is 0 Å². The lowest BCUT2D eigenvalue weighted by Gasteiger charge is -2.36. The molecule has 2 heteroatoms. The molecule has 0 aromatic heterocycles. The Balaban J connectivity index is 2.18. The molecule has 1 fully saturated rings. The van der Waals surface area contributed by atoms with Gasteiger partial charge >= 0.3 is 0 Å². The molecule has 0 spiro atoms. The molecule has 1 atom stereocenters. The third kappa shape index (κ3) is 4.52. The maximum Gasteiger partial charge on any atom is 0.00674 e. The van der Waals surface area contributed by atoms with Gasteiger partial charge in [-0.15, -0.1) is 0 Å². The van der Waals surface area contributed by atoms with E-state index in [1.807, 2.05) is 0 Å². The quantitative estimate of drug-likeness (QED) is 0.733. The summed E-state index contributed by atoms with van der Waals surface area (Å²) in [5.74, 6) is 1.01. The topological polar surface area (TPSA) is 29.3 Å². The van der Waals surface area contributed by atoms with Gasteiger partial charge in [0.25, 0.3) is 0 Å². The van der Waals surface area contributed by atoms with Crippen molar-refractivity contribution in [3.8, 4) is 0 Å². The molecule has 1 rings (SSSR count). The van der Waals surface area contributed by atoms with E-state index in [1.165, 1.54) is 51.6 Å². The lowest BCUT2D eigenvalue weighted by Crippen LogP contribution is -2.40. The zero-order valence-corrected chi connectivity index (χ0v) is 10.5. The average Bonchev–Trinajstić information content (AvgIpc) is 2.27. The van der Waals surface area contributed by atoms with Crippen LogP contribution in [0.25, 0.3) is 0 Å². The second kappa shape index (κ2) is 7.24. The first kappa shape index (κ1) is 13.0. The molecule has 0 radical (unpaired) electrons. The highest BCUT2D eigenvalue weighted by atomic mass is 15.2. The number of nitrogens with two attached hydrogens (primary N) is 1. The minimum Gasteiger partial charge on any atom is -0.330 e. The smallest absolute Gasteiger partial charge is 0.00674 e. The van der Waals surface area contributed by atoms with Crippen molar-refractivity contribution in [2.24, 2.45) is 11.7 Å². The minimum absolute atomic E-state index is 0.746. The second-order valence-corrected chi connectivity index (χ2v) is 5.05.